The zero-order valence-corrected chi connectivity index (χ0v) is 32.6. The number of hydrazine groups is 1. The van der Waals surface area contributed by atoms with Crippen LogP contribution < -0.4 is 21.9 Å². The highest BCUT2D eigenvalue weighted by atomic mass is 32.2. The number of amides is 4. The molecule has 1 fully saturated rings. The number of nitrogens with two attached hydrogens (primary N) is 1. The van der Waals surface area contributed by atoms with Gasteiger partial charge in [-0.3, -0.25) is 34.9 Å². The van der Waals surface area contributed by atoms with Gasteiger partial charge in [0.2, 0.25) is 5.60 Å². The second-order valence-corrected chi connectivity index (χ2v) is 15.6. The van der Waals surface area contributed by atoms with Crippen LogP contribution in [0.4, 0.5) is 5.13 Å². The van der Waals surface area contributed by atoms with Crippen LogP contribution in [0.15, 0.2) is 57.3 Å². The number of carboxylic acid groups (broad SMARTS) is 1. The zero-order chi connectivity index (χ0) is 41.3. The molecule has 298 valence electrons. The van der Waals surface area contributed by atoms with Gasteiger partial charge in [-0.2, -0.15) is 5.10 Å². The van der Waals surface area contributed by atoms with Gasteiger partial charge in [-0.1, -0.05) is 5.16 Å². The van der Waals surface area contributed by atoms with Crippen molar-refractivity contribution in [3.63, 3.8) is 0 Å². The summed E-state index contributed by atoms with van der Waals surface area (Å²) in [6, 6.07) is 3.82. The number of carbonyl (C=O) groups excluding carboxylic acids is 5. The lowest BCUT2D eigenvalue weighted by Gasteiger charge is -2.49. The van der Waals surface area contributed by atoms with E-state index in [-0.39, 0.29) is 44.8 Å². The number of thioether (sulfide) groups is 2. The molecule has 4 amide bonds. The number of aromatic nitrogens is 4. The van der Waals surface area contributed by atoms with Crippen LogP contribution in [-0.2, 0) is 28.8 Å². The lowest BCUT2D eigenvalue weighted by molar-refractivity contribution is -0.150. The van der Waals surface area contributed by atoms with Crippen LogP contribution in [-0.4, -0.2) is 117 Å². The lowest BCUT2D eigenvalue weighted by Crippen LogP contribution is -2.71. The molecular weight excluding hydrogens is 809 g/mol. The first kappa shape index (κ1) is 40.3. The fraction of sp³-hybridized carbons (Fsp3) is 0.273. The number of β-lactam (4-membered cyclic amide) rings is 1. The van der Waals surface area contributed by atoms with Gasteiger partial charge in [0.1, 0.15) is 33.4 Å². The Morgan fingerprint density at radius 2 is 1.88 bits per heavy atom. The predicted molar refractivity (Wildman–Crippen MR) is 203 cm³/mol. The molecule has 24 heteroatoms. The van der Waals surface area contributed by atoms with E-state index < -0.39 is 69.8 Å². The number of fused-ring (bicyclic) bond motifs is 2. The Hall–Kier alpha value is -6.40. The molecule has 1 saturated heterocycles. The molecular formula is C33H32N10O11S3. The number of carboxylic acids is 1. The fourth-order valence-electron chi connectivity index (χ4n) is 5.38. The van der Waals surface area contributed by atoms with Gasteiger partial charge < -0.3 is 35.9 Å². The molecule has 0 bridgehead atoms. The zero-order valence-electron chi connectivity index (χ0n) is 30.1. The molecule has 0 radical (unpaired) electrons. The van der Waals surface area contributed by atoms with Crippen molar-refractivity contribution in [3.05, 3.63) is 69.6 Å². The van der Waals surface area contributed by atoms with Crippen LogP contribution in [0.1, 0.15) is 46.0 Å². The highest BCUT2D eigenvalue weighted by Crippen LogP contribution is 2.41. The van der Waals surface area contributed by atoms with E-state index in [0.29, 0.717) is 16.3 Å². The van der Waals surface area contributed by atoms with Gasteiger partial charge in [-0.05, 0) is 50.6 Å². The lowest BCUT2D eigenvalue weighted by atomic mass is 10.0. The number of hydrogen-bond acceptors (Lipinski definition) is 18. The maximum Gasteiger partial charge on any atom is 0.352 e. The summed E-state index contributed by atoms with van der Waals surface area (Å²) in [5.41, 5.74) is 8.95. The van der Waals surface area contributed by atoms with E-state index in [1.165, 1.54) is 66.6 Å². The number of nitrogens with zero attached hydrogens (tertiary/aromatic N) is 6. The normalized spacial score (nSPS) is 16.7. The average Bonchev–Trinajstić information content (AvgIpc) is 3.81. The molecule has 6 rings (SSSR count). The first-order valence-electron chi connectivity index (χ1n) is 16.4. The van der Waals surface area contributed by atoms with Crippen molar-refractivity contribution in [2.45, 2.75) is 42.8 Å². The summed E-state index contributed by atoms with van der Waals surface area (Å²) in [5, 5.41) is 41.1. The molecule has 1 aromatic carbocycles. The summed E-state index contributed by atoms with van der Waals surface area (Å²) in [4.78, 5) is 92.4. The molecule has 8 N–H and O–H groups in total. The van der Waals surface area contributed by atoms with Crippen LogP contribution in [0.25, 0.3) is 5.65 Å². The third-order valence-corrected chi connectivity index (χ3v) is 11.4. The number of benzene rings is 1. The van der Waals surface area contributed by atoms with Crippen LogP contribution in [0.2, 0.25) is 0 Å². The monoisotopic (exact) mass is 840 g/mol. The Balaban J connectivity index is 1.14. The number of phenolic OH excluding ortho intramolecular Hbond substituents is 2. The van der Waals surface area contributed by atoms with E-state index in [9.17, 15) is 44.1 Å². The second-order valence-electron chi connectivity index (χ2n) is 12.7. The first-order chi connectivity index (χ1) is 27.0. The van der Waals surface area contributed by atoms with Crippen LogP contribution in [0.3, 0.4) is 0 Å². The Morgan fingerprint density at radius 3 is 2.54 bits per heavy atom. The highest BCUT2D eigenvalue weighted by Gasteiger charge is 2.54. The SMILES string of the molecule is COC(=O)c1cnn2c(C)cc(SCC3=C(C(=O)O)N4C(=O)[C@@H](NC(=O)C(=NOC(C)(C)C(=O)NNC(=O)c5ccc(O)c(O)c5)c5csc(N)n5)[C@H]4SC3)nc12. The Bertz CT molecular complexity index is 2410. The summed E-state index contributed by atoms with van der Waals surface area (Å²) in [6.07, 6.45) is 1.34. The molecule has 3 aromatic heterocycles. The number of methoxy groups -OCH3 is 1. The molecule has 2 aliphatic heterocycles. The summed E-state index contributed by atoms with van der Waals surface area (Å²) < 4.78 is 6.30. The number of phenols is 2. The second kappa shape index (κ2) is 16.0. The van der Waals surface area contributed by atoms with Gasteiger partial charge in [0.25, 0.3) is 23.6 Å². The average molecular weight is 841 g/mol. The summed E-state index contributed by atoms with van der Waals surface area (Å²) in [5.74, 6) is -6.02. The number of aliphatic carboxylic acids is 1. The van der Waals surface area contributed by atoms with E-state index in [1.807, 2.05) is 0 Å². The van der Waals surface area contributed by atoms with Gasteiger partial charge >= 0.3 is 11.9 Å². The van der Waals surface area contributed by atoms with E-state index >= 15 is 0 Å². The first-order valence-corrected chi connectivity index (χ1v) is 19.3. The third-order valence-electron chi connectivity index (χ3n) is 8.38. The minimum atomic E-state index is -1.82. The highest BCUT2D eigenvalue weighted by molar-refractivity contribution is 8.01. The number of carbonyl (C=O) groups is 6. The molecule has 0 saturated carbocycles. The van der Waals surface area contributed by atoms with Gasteiger partial charge in [0.05, 0.1) is 13.3 Å². The number of esters is 1. The van der Waals surface area contributed by atoms with Crippen LogP contribution in [0.5, 0.6) is 11.5 Å². The van der Waals surface area contributed by atoms with E-state index in [0.717, 1.165) is 28.4 Å². The Kier molecular flexibility index (Phi) is 11.3. The number of thiazole rings is 1. The number of nitrogen functional groups attached to an aromatic ring is 1. The van der Waals surface area contributed by atoms with Crippen molar-refractivity contribution < 1.29 is 53.7 Å². The minimum Gasteiger partial charge on any atom is -0.504 e. The molecule has 0 spiro atoms. The van der Waals surface area contributed by atoms with Crippen molar-refractivity contribution in [2.75, 3.05) is 24.3 Å². The number of ether oxygens (including phenoxy) is 1. The topological polar surface area (TPSA) is 302 Å². The number of nitrogens with one attached hydrogen (secondary N) is 3. The standard InChI is InChI=1S/C33H32N10O11S3/c1-13-7-20(37-24-16(30(51)53-4)9-35-43(13)24)55-10-15-11-56-28-22(27(48)42(28)23(15)29(49)50)38-26(47)21(17-12-57-32(34)36-17)41-54-33(2,3)31(52)40-39-25(46)14-5-6-18(44)19(45)8-14/h5-9,12,22,28,44-45H,10-11H2,1-4H3,(H2,34,36)(H,38,47)(H,39,46)(H,40,52)(H,49,50)/t22-,28-/m1/s1. The molecule has 0 aliphatic carbocycles. The van der Waals surface area contributed by atoms with Gasteiger partial charge in [0, 0.05) is 28.1 Å². The number of hydrogen-bond donors (Lipinski definition) is 7. The molecule has 0 unspecified atom stereocenters. The summed E-state index contributed by atoms with van der Waals surface area (Å²) >= 11 is 3.41. The molecule has 5 heterocycles. The van der Waals surface area contributed by atoms with Crippen molar-refractivity contribution in [3.8, 4) is 11.5 Å². The van der Waals surface area contributed by atoms with Crippen molar-refractivity contribution in [1.29, 1.82) is 0 Å². The van der Waals surface area contributed by atoms with Crippen molar-refractivity contribution >= 4 is 86.9 Å². The van der Waals surface area contributed by atoms with Gasteiger partial charge in [-0.15, -0.1) is 34.9 Å². The molecule has 57 heavy (non-hydrogen) atoms. The van der Waals surface area contributed by atoms with E-state index in [1.54, 1.807) is 13.0 Å². The maximum absolute atomic E-state index is 13.7. The molecule has 21 nitrogen and oxygen atoms in total. The fourth-order valence-corrected chi connectivity index (χ4v) is 8.37. The third kappa shape index (κ3) is 8.13. The predicted octanol–water partition coefficient (Wildman–Crippen LogP) is 0.766. The Morgan fingerprint density at radius 1 is 1.12 bits per heavy atom. The number of oxime groups is 1. The summed E-state index contributed by atoms with van der Waals surface area (Å²) in [6.45, 7) is 4.33. The van der Waals surface area contributed by atoms with Crippen molar-refractivity contribution in [1.82, 2.24) is 40.7 Å². The van der Waals surface area contributed by atoms with Crippen molar-refractivity contribution in [2.24, 2.45) is 5.16 Å². The molecule has 4 aromatic rings. The largest absolute Gasteiger partial charge is 0.504 e. The summed E-state index contributed by atoms with van der Waals surface area (Å²) in [7, 11) is 1.24. The molecule has 2 aliphatic rings. The van der Waals surface area contributed by atoms with E-state index in [4.69, 9.17) is 15.3 Å². The van der Waals surface area contributed by atoms with Gasteiger partial charge in [0.15, 0.2) is 28.0 Å². The number of rotatable bonds is 12. The smallest absolute Gasteiger partial charge is 0.352 e. The van der Waals surface area contributed by atoms with Gasteiger partial charge in [-0.25, -0.2) is 24.1 Å². The maximum atomic E-state index is 13.7. The minimum absolute atomic E-state index is 0.0475. The quantitative estimate of drug-likeness (QED) is 0.0197. The number of aryl methyl sites for hydroxylation is 1. The number of anilines is 1. The van der Waals surface area contributed by atoms with Crippen LogP contribution >= 0.6 is 34.9 Å². The number of aromatic hydroxyl groups is 2. The van der Waals surface area contributed by atoms with Crippen LogP contribution in [0, 0.1) is 6.92 Å². The van der Waals surface area contributed by atoms with E-state index in [2.05, 4.69) is 36.4 Å². The molecule has 2 atom stereocenters. The Labute approximate surface area is 333 Å².